The van der Waals surface area contributed by atoms with Gasteiger partial charge in [0.05, 0.1) is 5.75 Å². The third-order valence-electron chi connectivity index (χ3n) is 2.49. The van der Waals surface area contributed by atoms with Crippen molar-refractivity contribution in [1.82, 2.24) is 4.31 Å². The Kier molecular flexibility index (Phi) is 3.88. The van der Waals surface area contributed by atoms with Gasteiger partial charge in [0.25, 0.3) is 0 Å². The maximum Gasteiger partial charge on any atom is 0.213 e. The molecule has 0 unspecified atom stereocenters. The summed E-state index contributed by atoms with van der Waals surface area (Å²) >= 11 is 0. The topological polar surface area (TPSA) is 37.4 Å². The second-order valence-corrected chi connectivity index (χ2v) is 5.95. The third-order valence-corrected chi connectivity index (χ3v) is 4.30. The van der Waals surface area contributed by atoms with Crippen LogP contribution in [0.15, 0.2) is 24.3 Å². The van der Waals surface area contributed by atoms with E-state index in [-0.39, 0.29) is 5.75 Å². The minimum atomic E-state index is -3.08. The molecule has 0 fully saturated rings. The van der Waals surface area contributed by atoms with Gasteiger partial charge in [-0.15, -0.1) is 0 Å². The van der Waals surface area contributed by atoms with Crippen LogP contribution in [0.5, 0.6) is 0 Å². The van der Waals surface area contributed by atoms with Crippen molar-refractivity contribution >= 4 is 10.0 Å². The van der Waals surface area contributed by atoms with E-state index in [1.165, 1.54) is 4.31 Å². The summed E-state index contributed by atoms with van der Waals surface area (Å²) in [5.74, 6) is 0.148. The van der Waals surface area contributed by atoms with Gasteiger partial charge in [-0.3, -0.25) is 0 Å². The zero-order chi connectivity index (χ0) is 11.5. The quantitative estimate of drug-likeness (QED) is 0.786. The average Bonchev–Trinajstić information content (AvgIpc) is 2.21. The SMILES string of the molecule is CCS(=O)(=O)N(C)Cc1ccccc1C. The van der Waals surface area contributed by atoms with E-state index in [2.05, 4.69) is 0 Å². The predicted molar refractivity (Wildman–Crippen MR) is 62.1 cm³/mol. The van der Waals surface area contributed by atoms with Crippen molar-refractivity contribution in [2.24, 2.45) is 0 Å². The highest BCUT2D eigenvalue weighted by Gasteiger charge is 2.15. The number of aryl methyl sites for hydroxylation is 1. The highest BCUT2D eigenvalue weighted by molar-refractivity contribution is 7.89. The molecule has 1 rings (SSSR count). The molecule has 0 aliphatic heterocycles. The minimum absolute atomic E-state index is 0.148. The van der Waals surface area contributed by atoms with E-state index < -0.39 is 10.0 Å². The molecule has 0 bridgehead atoms. The van der Waals surface area contributed by atoms with E-state index in [1.807, 2.05) is 31.2 Å². The van der Waals surface area contributed by atoms with E-state index >= 15 is 0 Å². The number of nitrogens with zero attached hydrogens (tertiary/aromatic N) is 1. The Bertz CT molecular complexity index is 426. The lowest BCUT2D eigenvalue weighted by Crippen LogP contribution is -2.28. The maximum atomic E-state index is 11.5. The van der Waals surface area contributed by atoms with Gasteiger partial charge in [-0.2, -0.15) is 0 Å². The largest absolute Gasteiger partial charge is 0.213 e. The molecule has 1 aromatic carbocycles. The molecule has 0 atom stereocenters. The van der Waals surface area contributed by atoms with Gasteiger partial charge in [0.1, 0.15) is 0 Å². The van der Waals surface area contributed by atoms with E-state index in [1.54, 1.807) is 14.0 Å². The molecule has 0 spiro atoms. The molecule has 0 radical (unpaired) electrons. The first-order valence-electron chi connectivity index (χ1n) is 4.96. The third kappa shape index (κ3) is 3.04. The summed E-state index contributed by atoms with van der Waals surface area (Å²) in [4.78, 5) is 0. The molecule has 84 valence electrons. The molecule has 4 heteroatoms. The first-order chi connectivity index (χ1) is 6.97. The van der Waals surface area contributed by atoms with Crippen LogP contribution in [0.4, 0.5) is 0 Å². The molecular weight excluding hydrogens is 210 g/mol. The van der Waals surface area contributed by atoms with Gasteiger partial charge < -0.3 is 0 Å². The second-order valence-electron chi connectivity index (χ2n) is 3.58. The monoisotopic (exact) mass is 227 g/mol. The lowest BCUT2D eigenvalue weighted by Gasteiger charge is -2.17. The molecule has 0 saturated carbocycles. The van der Waals surface area contributed by atoms with Crippen LogP contribution in [0.25, 0.3) is 0 Å². The molecule has 3 nitrogen and oxygen atoms in total. The highest BCUT2D eigenvalue weighted by atomic mass is 32.2. The number of rotatable bonds is 4. The smallest absolute Gasteiger partial charge is 0.212 e. The first kappa shape index (κ1) is 12.2. The first-order valence-corrected chi connectivity index (χ1v) is 6.57. The van der Waals surface area contributed by atoms with Gasteiger partial charge in [-0.1, -0.05) is 24.3 Å². The van der Waals surface area contributed by atoms with Crippen LogP contribution < -0.4 is 0 Å². The lowest BCUT2D eigenvalue weighted by molar-refractivity contribution is 0.467. The minimum Gasteiger partial charge on any atom is -0.212 e. The van der Waals surface area contributed by atoms with Crippen molar-refractivity contribution in [3.8, 4) is 0 Å². The number of hydrogen-bond donors (Lipinski definition) is 0. The Morgan fingerprint density at radius 1 is 1.27 bits per heavy atom. The summed E-state index contributed by atoms with van der Waals surface area (Å²) in [6, 6.07) is 7.82. The van der Waals surface area contributed by atoms with Crippen LogP contribution in [0, 0.1) is 6.92 Å². The van der Waals surface area contributed by atoms with Gasteiger partial charge in [-0.25, -0.2) is 12.7 Å². The standard InChI is InChI=1S/C11H17NO2S/c1-4-15(13,14)12(3)9-11-8-6-5-7-10(11)2/h5-8H,4,9H2,1-3H3. The average molecular weight is 227 g/mol. The van der Waals surface area contributed by atoms with Gasteiger partial charge >= 0.3 is 0 Å². The summed E-state index contributed by atoms with van der Waals surface area (Å²) in [6.45, 7) is 4.09. The maximum absolute atomic E-state index is 11.5. The molecule has 1 aromatic rings. The van der Waals surface area contributed by atoms with Gasteiger partial charge in [0, 0.05) is 13.6 Å². The van der Waals surface area contributed by atoms with E-state index in [0.717, 1.165) is 11.1 Å². The summed E-state index contributed by atoms with van der Waals surface area (Å²) < 4.78 is 24.5. The normalized spacial score (nSPS) is 12.0. The summed E-state index contributed by atoms with van der Waals surface area (Å²) in [6.07, 6.45) is 0. The van der Waals surface area contributed by atoms with Crippen molar-refractivity contribution in [3.63, 3.8) is 0 Å². The number of benzene rings is 1. The van der Waals surface area contributed by atoms with Crippen molar-refractivity contribution < 1.29 is 8.42 Å². The van der Waals surface area contributed by atoms with Crippen LogP contribution in [0.3, 0.4) is 0 Å². The number of hydrogen-bond acceptors (Lipinski definition) is 2. The molecule has 0 aliphatic carbocycles. The van der Waals surface area contributed by atoms with Crippen LogP contribution in [-0.2, 0) is 16.6 Å². The molecular formula is C11H17NO2S. The summed E-state index contributed by atoms with van der Waals surface area (Å²) in [5.41, 5.74) is 2.17. The Balaban J connectivity index is 2.84. The highest BCUT2D eigenvalue weighted by Crippen LogP contribution is 2.11. The Labute approximate surface area is 91.8 Å². The zero-order valence-corrected chi connectivity index (χ0v) is 10.2. The Hall–Kier alpha value is -0.870. The van der Waals surface area contributed by atoms with Crippen LogP contribution in [-0.4, -0.2) is 25.5 Å². The molecule has 0 N–H and O–H groups in total. The second kappa shape index (κ2) is 4.77. The molecule has 0 saturated heterocycles. The molecule has 0 aliphatic rings. The summed E-state index contributed by atoms with van der Waals surface area (Å²) in [5, 5.41) is 0. The molecule has 0 heterocycles. The van der Waals surface area contributed by atoms with Crippen LogP contribution >= 0.6 is 0 Å². The molecule has 0 amide bonds. The van der Waals surface area contributed by atoms with Crippen LogP contribution in [0.2, 0.25) is 0 Å². The van der Waals surface area contributed by atoms with E-state index in [4.69, 9.17) is 0 Å². The Morgan fingerprint density at radius 3 is 2.40 bits per heavy atom. The van der Waals surface area contributed by atoms with Crippen molar-refractivity contribution in [2.45, 2.75) is 20.4 Å². The van der Waals surface area contributed by atoms with Gasteiger partial charge in [-0.05, 0) is 25.0 Å². The van der Waals surface area contributed by atoms with Crippen molar-refractivity contribution in [3.05, 3.63) is 35.4 Å². The zero-order valence-electron chi connectivity index (χ0n) is 9.40. The van der Waals surface area contributed by atoms with E-state index in [9.17, 15) is 8.42 Å². The molecule has 15 heavy (non-hydrogen) atoms. The number of sulfonamides is 1. The fourth-order valence-corrected chi connectivity index (χ4v) is 2.12. The van der Waals surface area contributed by atoms with Crippen molar-refractivity contribution in [2.75, 3.05) is 12.8 Å². The van der Waals surface area contributed by atoms with Crippen molar-refractivity contribution in [1.29, 1.82) is 0 Å². The fraction of sp³-hybridized carbons (Fsp3) is 0.455. The van der Waals surface area contributed by atoms with Crippen LogP contribution in [0.1, 0.15) is 18.1 Å². The van der Waals surface area contributed by atoms with Gasteiger partial charge in [0.15, 0.2) is 0 Å². The van der Waals surface area contributed by atoms with E-state index in [0.29, 0.717) is 6.54 Å². The summed E-state index contributed by atoms with van der Waals surface area (Å²) in [7, 11) is -1.46. The Morgan fingerprint density at radius 2 is 1.87 bits per heavy atom. The predicted octanol–water partition coefficient (Wildman–Crippen LogP) is 1.78. The van der Waals surface area contributed by atoms with Gasteiger partial charge in [0.2, 0.25) is 10.0 Å². The molecule has 0 aromatic heterocycles. The lowest BCUT2D eigenvalue weighted by atomic mass is 10.1. The fourth-order valence-electron chi connectivity index (χ4n) is 1.35.